The third kappa shape index (κ3) is 3.40. The van der Waals surface area contributed by atoms with E-state index in [4.69, 9.17) is 9.47 Å². The maximum Gasteiger partial charge on any atom is 0.226 e. The molecule has 0 bridgehead atoms. The average molecular weight is 226 g/mol. The Kier molecular flexibility index (Phi) is 5.86. The van der Waals surface area contributed by atoms with Crippen molar-refractivity contribution in [3.05, 3.63) is 22.7 Å². The molecule has 0 radical (unpaired) electrons. The van der Waals surface area contributed by atoms with E-state index in [0.717, 1.165) is 11.1 Å². The van der Waals surface area contributed by atoms with E-state index >= 15 is 0 Å². The molecule has 0 fully saturated rings. The predicted molar refractivity (Wildman–Crippen MR) is 64.9 cm³/mol. The summed E-state index contributed by atoms with van der Waals surface area (Å²) in [5, 5.41) is 0. The Morgan fingerprint density at radius 2 is 1.50 bits per heavy atom. The van der Waals surface area contributed by atoms with Crippen LogP contribution in [0.5, 0.6) is 0 Å². The number of methoxy groups -OCH3 is 2. The van der Waals surface area contributed by atoms with Gasteiger partial charge >= 0.3 is 0 Å². The van der Waals surface area contributed by atoms with Crippen LogP contribution < -0.4 is 0 Å². The highest BCUT2D eigenvalue weighted by atomic mass is 16.5. The first-order valence-corrected chi connectivity index (χ1v) is 5.37. The van der Waals surface area contributed by atoms with Gasteiger partial charge in [-0.2, -0.15) is 0 Å². The molecule has 0 aromatic rings. The highest BCUT2D eigenvalue weighted by molar-refractivity contribution is 6.07. The molecule has 0 unspecified atom stereocenters. The van der Waals surface area contributed by atoms with Crippen molar-refractivity contribution >= 4 is 5.78 Å². The fraction of sp³-hybridized carbons (Fsp3) is 0.615. The monoisotopic (exact) mass is 226 g/mol. The summed E-state index contributed by atoms with van der Waals surface area (Å²) in [6.45, 7) is 9.62. The van der Waals surface area contributed by atoms with Gasteiger partial charge < -0.3 is 9.47 Å². The second kappa shape index (κ2) is 6.36. The fourth-order valence-corrected chi connectivity index (χ4v) is 1.27. The van der Waals surface area contributed by atoms with E-state index in [0.29, 0.717) is 11.7 Å². The molecule has 0 saturated carbocycles. The minimum absolute atomic E-state index is 0.104. The lowest BCUT2D eigenvalue weighted by Crippen LogP contribution is -2.12. The van der Waals surface area contributed by atoms with Crippen LogP contribution in [0.4, 0.5) is 0 Å². The molecule has 0 amide bonds. The number of hydrogen-bond acceptors (Lipinski definition) is 3. The van der Waals surface area contributed by atoms with Gasteiger partial charge in [0.1, 0.15) is 5.76 Å². The van der Waals surface area contributed by atoms with Crippen LogP contribution in [-0.4, -0.2) is 20.0 Å². The summed E-state index contributed by atoms with van der Waals surface area (Å²) >= 11 is 0. The van der Waals surface area contributed by atoms with E-state index in [1.165, 1.54) is 14.2 Å². The molecule has 92 valence electrons. The SMILES string of the molecule is CO/C(C)=C(\OC)C(=O)/C(C)=C(/C)C(C)C. The normalized spacial score (nSPS) is 14.2. The van der Waals surface area contributed by atoms with Crippen molar-refractivity contribution < 1.29 is 14.3 Å². The van der Waals surface area contributed by atoms with Crippen molar-refractivity contribution in [3.63, 3.8) is 0 Å². The summed E-state index contributed by atoms with van der Waals surface area (Å²) in [4.78, 5) is 12.1. The van der Waals surface area contributed by atoms with Gasteiger partial charge in [-0.1, -0.05) is 19.4 Å². The van der Waals surface area contributed by atoms with Crippen LogP contribution in [0.1, 0.15) is 34.6 Å². The number of Topliss-reactive ketones (excluding diaryl/α,β-unsaturated/α-hetero) is 1. The third-order valence-electron chi connectivity index (χ3n) is 2.83. The van der Waals surface area contributed by atoms with Gasteiger partial charge in [-0.25, -0.2) is 0 Å². The molecule has 0 aliphatic rings. The minimum atomic E-state index is -0.104. The second-order valence-corrected chi connectivity index (χ2v) is 4.09. The van der Waals surface area contributed by atoms with Crippen molar-refractivity contribution in [2.45, 2.75) is 34.6 Å². The zero-order valence-corrected chi connectivity index (χ0v) is 11.3. The molecule has 0 aromatic carbocycles. The first-order valence-electron chi connectivity index (χ1n) is 5.37. The molecule has 0 N–H and O–H groups in total. The number of carbonyl (C=O) groups is 1. The summed E-state index contributed by atoms with van der Waals surface area (Å²) < 4.78 is 10.1. The Morgan fingerprint density at radius 1 is 1.00 bits per heavy atom. The maximum atomic E-state index is 12.1. The summed E-state index contributed by atoms with van der Waals surface area (Å²) in [5.41, 5.74) is 1.80. The molecule has 3 heteroatoms. The van der Waals surface area contributed by atoms with Crippen LogP contribution in [0.15, 0.2) is 22.7 Å². The Labute approximate surface area is 98.1 Å². The van der Waals surface area contributed by atoms with E-state index in [9.17, 15) is 4.79 Å². The van der Waals surface area contributed by atoms with Gasteiger partial charge in [-0.3, -0.25) is 4.79 Å². The first-order chi connectivity index (χ1) is 7.36. The number of ketones is 1. The van der Waals surface area contributed by atoms with Crippen LogP contribution in [0.2, 0.25) is 0 Å². The lowest BCUT2D eigenvalue weighted by molar-refractivity contribution is -0.115. The van der Waals surface area contributed by atoms with Gasteiger partial charge in [0.2, 0.25) is 11.5 Å². The average Bonchev–Trinajstić information content (AvgIpc) is 2.27. The lowest BCUT2D eigenvalue weighted by atomic mass is 9.96. The van der Waals surface area contributed by atoms with Gasteiger partial charge in [-0.05, 0) is 32.3 Å². The molecule has 0 aliphatic carbocycles. The number of hydrogen-bond donors (Lipinski definition) is 0. The molecule has 0 spiro atoms. The smallest absolute Gasteiger partial charge is 0.226 e. The second-order valence-electron chi connectivity index (χ2n) is 4.09. The maximum absolute atomic E-state index is 12.1. The van der Waals surface area contributed by atoms with E-state index in [-0.39, 0.29) is 11.5 Å². The zero-order chi connectivity index (χ0) is 12.9. The number of carbonyl (C=O) groups excluding carboxylic acids is 1. The van der Waals surface area contributed by atoms with Crippen LogP contribution in [0, 0.1) is 5.92 Å². The summed E-state index contributed by atoms with van der Waals surface area (Å²) in [5.74, 6) is 1.03. The van der Waals surface area contributed by atoms with Crippen molar-refractivity contribution in [2.24, 2.45) is 5.92 Å². The van der Waals surface area contributed by atoms with E-state index in [2.05, 4.69) is 13.8 Å². The van der Waals surface area contributed by atoms with Gasteiger partial charge in [0.15, 0.2) is 0 Å². The first kappa shape index (κ1) is 14.8. The fourth-order valence-electron chi connectivity index (χ4n) is 1.27. The van der Waals surface area contributed by atoms with E-state index in [1.807, 2.05) is 13.8 Å². The summed E-state index contributed by atoms with van der Waals surface area (Å²) in [6.07, 6.45) is 0. The topological polar surface area (TPSA) is 35.5 Å². The molecule has 0 aliphatic heterocycles. The molecule has 0 saturated heterocycles. The van der Waals surface area contributed by atoms with Crippen LogP contribution in [-0.2, 0) is 14.3 Å². The van der Waals surface area contributed by atoms with Gasteiger partial charge in [0, 0.05) is 0 Å². The minimum Gasteiger partial charge on any atom is -0.497 e. The van der Waals surface area contributed by atoms with Crippen LogP contribution in [0.3, 0.4) is 0 Å². The van der Waals surface area contributed by atoms with Gasteiger partial charge in [-0.15, -0.1) is 0 Å². The summed E-state index contributed by atoms with van der Waals surface area (Å²) in [7, 11) is 3.00. The zero-order valence-electron chi connectivity index (χ0n) is 11.3. The molecule has 0 atom stereocenters. The molecular formula is C13H22O3. The molecule has 0 rings (SSSR count). The van der Waals surface area contributed by atoms with E-state index < -0.39 is 0 Å². The number of allylic oxidation sites excluding steroid dienone is 3. The van der Waals surface area contributed by atoms with Crippen LogP contribution in [0.25, 0.3) is 0 Å². The van der Waals surface area contributed by atoms with Gasteiger partial charge in [0.25, 0.3) is 0 Å². The predicted octanol–water partition coefficient (Wildman–Crippen LogP) is 3.07. The van der Waals surface area contributed by atoms with Crippen molar-refractivity contribution in [2.75, 3.05) is 14.2 Å². The number of rotatable bonds is 5. The quantitative estimate of drug-likeness (QED) is 0.534. The van der Waals surface area contributed by atoms with Crippen molar-refractivity contribution in [1.29, 1.82) is 0 Å². The van der Waals surface area contributed by atoms with E-state index in [1.54, 1.807) is 6.92 Å². The van der Waals surface area contributed by atoms with Crippen molar-refractivity contribution in [1.82, 2.24) is 0 Å². The number of ether oxygens (including phenoxy) is 2. The highest BCUT2D eigenvalue weighted by Gasteiger charge is 2.18. The highest BCUT2D eigenvalue weighted by Crippen LogP contribution is 2.19. The van der Waals surface area contributed by atoms with Crippen molar-refractivity contribution in [3.8, 4) is 0 Å². The van der Waals surface area contributed by atoms with Gasteiger partial charge in [0.05, 0.1) is 14.2 Å². The lowest BCUT2D eigenvalue weighted by Gasteiger charge is -2.13. The summed E-state index contributed by atoms with van der Waals surface area (Å²) in [6, 6.07) is 0. The molecule has 0 aromatic heterocycles. The Hall–Kier alpha value is -1.25. The Balaban J connectivity index is 5.29. The Bertz CT molecular complexity index is 322. The van der Waals surface area contributed by atoms with Crippen LogP contribution >= 0.6 is 0 Å². The molecule has 3 nitrogen and oxygen atoms in total. The standard InChI is InChI=1S/C13H22O3/c1-8(2)9(3)10(4)12(14)13(16-7)11(5)15-6/h8H,1-7H3/b10-9-,13-11-. The molecule has 0 heterocycles. The Morgan fingerprint density at radius 3 is 1.81 bits per heavy atom. The molecular weight excluding hydrogens is 204 g/mol. The molecule has 16 heavy (non-hydrogen) atoms. The largest absolute Gasteiger partial charge is 0.497 e. The third-order valence-corrected chi connectivity index (χ3v) is 2.83.